The molecule has 0 radical (unpaired) electrons. The van der Waals surface area contributed by atoms with E-state index in [0.717, 1.165) is 63.6 Å². The van der Waals surface area contributed by atoms with Gasteiger partial charge in [-0.15, -0.1) is 0 Å². The highest BCUT2D eigenvalue weighted by atomic mass is 16.6. The van der Waals surface area contributed by atoms with Crippen molar-refractivity contribution in [3.05, 3.63) is 95.1 Å². The van der Waals surface area contributed by atoms with E-state index in [1.54, 1.807) is 0 Å². The molecule has 3 aliphatic carbocycles. The van der Waals surface area contributed by atoms with Gasteiger partial charge in [0.25, 0.3) is 0 Å². The molecule has 2 heterocycles. The molecule has 2 aliphatic heterocycles. The third kappa shape index (κ3) is 6.50. The molecule has 3 aromatic carbocycles. The van der Waals surface area contributed by atoms with E-state index in [0.29, 0.717) is 61.6 Å². The molecule has 7 atom stereocenters. The molecule has 8 nitrogen and oxygen atoms in total. The molecule has 3 aromatic rings. The Labute approximate surface area is 301 Å². The van der Waals surface area contributed by atoms with Gasteiger partial charge in [0.1, 0.15) is 6.10 Å². The third-order valence-corrected chi connectivity index (χ3v) is 12.6. The predicted molar refractivity (Wildman–Crippen MR) is 194 cm³/mol. The summed E-state index contributed by atoms with van der Waals surface area (Å²) >= 11 is 0. The van der Waals surface area contributed by atoms with E-state index in [2.05, 4.69) is 40.1 Å². The minimum Gasteiger partial charge on any atom is -0.483 e. The van der Waals surface area contributed by atoms with E-state index < -0.39 is 0 Å². The van der Waals surface area contributed by atoms with Crippen LogP contribution in [0.15, 0.2) is 72.8 Å². The normalized spacial score (nSPS) is 28.4. The van der Waals surface area contributed by atoms with Gasteiger partial charge < -0.3 is 19.5 Å². The van der Waals surface area contributed by atoms with Crippen molar-refractivity contribution in [1.82, 2.24) is 9.80 Å². The Morgan fingerprint density at radius 1 is 0.961 bits per heavy atom. The maximum Gasteiger partial charge on any atom is 0.308 e. The summed E-state index contributed by atoms with van der Waals surface area (Å²) in [5.41, 5.74) is 4.18. The van der Waals surface area contributed by atoms with Gasteiger partial charge >= 0.3 is 5.97 Å². The van der Waals surface area contributed by atoms with Crippen molar-refractivity contribution in [3.8, 4) is 11.5 Å². The van der Waals surface area contributed by atoms with Crippen LogP contribution >= 0.6 is 0 Å². The Morgan fingerprint density at radius 3 is 2.45 bits per heavy atom. The van der Waals surface area contributed by atoms with E-state index in [1.807, 2.05) is 42.5 Å². The van der Waals surface area contributed by atoms with E-state index >= 15 is 0 Å². The molecule has 8 heteroatoms. The number of carbonyl (C=O) groups is 3. The number of ketones is 1. The maximum atomic E-state index is 14.4. The number of aliphatic hydroxyl groups is 1. The molecular weight excluding hydrogens is 640 g/mol. The average molecular weight is 691 g/mol. The summed E-state index contributed by atoms with van der Waals surface area (Å²) in [6, 6.07) is 24.1. The molecule has 2 saturated carbocycles. The smallest absolute Gasteiger partial charge is 0.308 e. The molecule has 1 amide bonds. The SMILES string of the molecule is CC(=O)Oc1ccc2c3c1O[C@H]1[C@@H](N(CCCc4ccccc4)C(=O)CCCCC(=O)c4ccccc4)CC[C@H]4[C@@H](C2)N(CC2CC2O)CC[C@@]341. The number of benzene rings is 3. The van der Waals surface area contributed by atoms with Crippen molar-refractivity contribution in [2.75, 3.05) is 19.6 Å². The minimum atomic E-state index is -0.370. The summed E-state index contributed by atoms with van der Waals surface area (Å²) in [6.45, 7) is 3.92. The van der Waals surface area contributed by atoms with Crippen LogP contribution in [0.5, 0.6) is 11.5 Å². The zero-order valence-electron chi connectivity index (χ0n) is 29.7. The maximum absolute atomic E-state index is 14.4. The first-order valence-corrected chi connectivity index (χ1v) is 19.2. The first kappa shape index (κ1) is 34.1. The lowest BCUT2D eigenvalue weighted by molar-refractivity contribution is -0.143. The number of Topliss-reactive ketones (excluding diaryl/α,β-unsaturated/α-hetero) is 1. The molecular formula is C43H50N2O6. The lowest BCUT2D eigenvalue weighted by atomic mass is 9.51. The van der Waals surface area contributed by atoms with Crippen molar-refractivity contribution in [2.45, 2.75) is 107 Å². The van der Waals surface area contributed by atoms with Crippen LogP contribution < -0.4 is 9.47 Å². The number of nitrogens with zero attached hydrogens (tertiary/aromatic N) is 2. The van der Waals surface area contributed by atoms with Gasteiger partial charge in [0.05, 0.1) is 12.1 Å². The molecule has 8 rings (SSSR count). The van der Waals surface area contributed by atoms with E-state index in [1.165, 1.54) is 23.6 Å². The van der Waals surface area contributed by atoms with Crippen molar-refractivity contribution < 1.29 is 29.0 Å². The molecule has 5 aliphatic rings. The Hall–Kier alpha value is -4.01. The van der Waals surface area contributed by atoms with Crippen molar-refractivity contribution in [1.29, 1.82) is 0 Å². The van der Waals surface area contributed by atoms with E-state index in [-0.39, 0.29) is 41.3 Å². The molecule has 268 valence electrons. The van der Waals surface area contributed by atoms with Crippen LogP contribution in [0.4, 0.5) is 0 Å². The van der Waals surface area contributed by atoms with Crippen molar-refractivity contribution in [2.24, 2.45) is 11.8 Å². The summed E-state index contributed by atoms with van der Waals surface area (Å²) in [7, 11) is 0. The minimum absolute atomic E-state index is 0.114. The number of carbonyl (C=O) groups excluding carboxylic acids is 3. The number of hydrogen-bond acceptors (Lipinski definition) is 7. The number of likely N-dealkylation sites (tertiary alicyclic amines) is 1. The largest absolute Gasteiger partial charge is 0.483 e. The van der Waals surface area contributed by atoms with Crippen LogP contribution in [-0.2, 0) is 27.8 Å². The Morgan fingerprint density at radius 2 is 1.71 bits per heavy atom. The number of aliphatic hydroxyl groups excluding tert-OH is 1. The summed E-state index contributed by atoms with van der Waals surface area (Å²) < 4.78 is 12.9. The van der Waals surface area contributed by atoms with Gasteiger partial charge in [-0.2, -0.15) is 0 Å². The number of esters is 1. The first-order valence-electron chi connectivity index (χ1n) is 19.2. The first-order chi connectivity index (χ1) is 24.8. The fourth-order valence-corrected chi connectivity index (χ4v) is 10.1. The van der Waals surface area contributed by atoms with Gasteiger partial charge in [0.15, 0.2) is 17.3 Å². The van der Waals surface area contributed by atoms with Crippen LogP contribution in [0.1, 0.15) is 91.8 Å². The zero-order chi connectivity index (χ0) is 35.1. The highest BCUT2D eigenvalue weighted by Gasteiger charge is 2.67. The Kier molecular flexibility index (Phi) is 9.49. The monoisotopic (exact) mass is 690 g/mol. The topological polar surface area (TPSA) is 96.4 Å². The Balaban J connectivity index is 1.07. The highest BCUT2D eigenvalue weighted by molar-refractivity contribution is 5.96. The molecule has 1 N–H and O–H groups in total. The van der Waals surface area contributed by atoms with Crippen LogP contribution in [0.3, 0.4) is 0 Å². The predicted octanol–water partition coefficient (Wildman–Crippen LogP) is 6.31. The third-order valence-electron chi connectivity index (χ3n) is 12.6. The number of aryl methyl sites for hydroxylation is 1. The standard InChI is InChI=1S/C43H50N2O6/c1-28(46)50-38-21-18-31-25-35-33-19-20-34(42-43(33,40(31)41(38)51-42)22-24-44(35)27-32-26-37(32)48)45(23-10-13-29-11-4-2-5-12-29)39(49)17-9-8-16-36(47)30-14-6-3-7-15-30/h2-7,11-12,14-15,18,21,32-35,37,42,48H,8-10,13,16-17,19-20,22-27H2,1H3/t32?,33-,34-,35+,37?,42-,43-/m0/s1. The number of amides is 1. The molecule has 2 unspecified atom stereocenters. The fourth-order valence-electron chi connectivity index (χ4n) is 10.1. The second kappa shape index (κ2) is 14.2. The van der Waals surface area contributed by atoms with Crippen LogP contribution in [0.2, 0.25) is 0 Å². The van der Waals surface area contributed by atoms with E-state index in [4.69, 9.17) is 9.47 Å². The molecule has 2 bridgehead atoms. The highest BCUT2D eigenvalue weighted by Crippen LogP contribution is 2.64. The second-order valence-corrected chi connectivity index (χ2v) is 15.6. The number of unbranched alkanes of at least 4 members (excludes halogenated alkanes) is 1. The van der Waals surface area contributed by atoms with Gasteiger partial charge in [-0.3, -0.25) is 19.3 Å². The summed E-state index contributed by atoms with van der Waals surface area (Å²) in [5, 5.41) is 10.2. The van der Waals surface area contributed by atoms with Gasteiger partial charge in [-0.05, 0) is 87.4 Å². The van der Waals surface area contributed by atoms with E-state index in [9.17, 15) is 19.5 Å². The second-order valence-electron chi connectivity index (χ2n) is 15.6. The quantitative estimate of drug-likeness (QED) is 0.0918. The van der Waals surface area contributed by atoms with Gasteiger partial charge in [0, 0.05) is 61.4 Å². The van der Waals surface area contributed by atoms with Crippen molar-refractivity contribution in [3.63, 3.8) is 0 Å². The number of hydrogen-bond donors (Lipinski definition) is 1. The molecule has 51 heavy (non-hydrogen) atoms. The van der Waals surface area contributed by atoms with Gasteiger partial charge in [-0.1, -0.05) is 66.7 Å². The number of ether oxygens (including phenoxy) is 2. The van der Waals surface area contributed by atoms with Crippen molar-refractivity contribution >= 4 is 17.7 Å². The fraction of sp³-hybridized carbons (Fsp3) is 0.512. The van der Waals surface area contributed by atoms with Crippen LogP contribution in [0, 0.1) is 11.8 Å². The number of rotatable bonds is 14. The van der Waals surface area contributed by atoms with Crippen LogP contribution in [-0.4, -0.2) is 76.5 Å². The van der Waals surface area contributed by atoms with Gasteiger partial charge in [0.2, 0.25) is 5.91 Å². The molecule has 1 spiro atoms. The van der Waals surface area contributed by atoms with Gasteiger partial charge in [-0.25, -0.2) is 0 Å². The summed E-state index contributed by atoms with van der Waals surface area (Å²) in [5.74, 6) is 1.77. The number of piperidine rings is 1. The lowest BCUT2D eigenvalue weighted by Gasteiger charge is -2.60. The summed E-state index contributed by atoms with van der Waals surface area (Å²) in [4.78, 5) is 44.2. The zero-order valence-corrected chi connectivity index (χ0v) is 29.7. The molecule has 1 saturated heterocycles. The van der Waals surface area contributed by atoms with Crippen LogP contribution in [0.25, 0.3) is 0 Å². The molecule has 0 aromatic heterocycles. The lowest BCUT2D eigenvalue weighted by Crippen LogP contribution is -2.69. The summed E-state index contributed by atoms with van der Waals surface area (Å²) in [6.07, 6.45) is 8.01. The Bertz CT molecular complexity index is 1760. The molecule has 3 fully saturated rings. The average Bonchev–Trinajstić information content (AvgIpc) is 3.72.